The van der Waals surface area contributed by atoms with E-state index in [2.05, 4.69) is 19.2 Å². The monoisotopic (exact) mass is 555 g/mol. The average molecular weight is 556 g/mol. The number of allylic oxidation sites excluding steroid dienone is 2. The van der Waals surface area contributed by atoms with Crippen molar-refractivity contribution < 1.29 is 33.7 Å². The summed E-state index contributed by atoms with van der Waals surface area (Å²) in [6, 6.07) is 0. The fourth-order valence-corrected chi connectivity index (χ4v) is 9.66. The Bertz CT molecular complexity index is 1120. The number of hydrogen-bond acceptors (Lipinski definition) is 8. The molecular formula is C32H45NO7. The highest BCUT2D eigenvalue weighted by atomic mass is 16.7. The Labute approximate surface area is 237 Å². The molecule has 8 nitrogen and oxygen atoms in total. The van der Waals surface area contributed by atoms with E-state index in [1.54, 1.807) is 6.08 Å². The Morgan fingerprint density at radius 1 is 1.10 bits per heavy atom. The van der Waals surface area contributed by atoms with Crippen LogP contribution in [0.1, 0.15) is 85.0 Å². The first-order valence-corrected chi connectivity index (χ1v) is 15.6. The van der Waals surface area contributed by atoms with Crippen molar-refractivity contribution in [1.82, 2.24) is 5.32 Å². The molecule has 3 unspecified atom stereocenters. The molecule has 4 fully saturated rings. The second kappa shape index (κ2) is 10.6. The van der Waals surface area contributed by atoms with E-state index in [0.29, 0.717) is 24.5 Å². The molecule has 1 heterocycles. The molecule has 5 aliphatic carbocycles. The Morgan fingerprint density at radius 3 is 2.62 bits per heavy atom. The summed E-state index contributed by atoms with van der Waals surface area (Å²) < 4.78 is 18.2. The Kier molecular flexibility index (Phi) is 7.39. The van der Waals surface area contributed by atoms with Gasteiger partial charge in [0.2, 0.25) is 17.8 Å². The minimum atomic E-state index is -0.649. The molecule has 0 saturated heterocycles. The van der Waals surface area contributed by atoms with Gasteiger partial charge in [-0.3, -0.25) is 14.4 Å². The SMILES string of the molecule is CCNCC(=O)OCC(=O)[C@H]1CCC2C3CCC4=CC(=O)C5=C(O[C@@H](C6CCCCC6)O5)[C@]4(C)C3[C@@H](O)C[C@@]21C. The lowest BCUT2D eigenvalue weighted by Crippen LogP contribution is -2.57. The summed E-state index contributed by atoms with van der Waals surface area (Å²) >= 11 is 0. The van der Waals surface area contributed by atoms with E-state index in [0.717, 1.165) is 56.9 Å². The fraction of sp³-hybridized carbons (Fsp3) is 0.781. The fourth-order valence-electron chi connectivity index (χ4n) is 9.66. The van der Waals surface area contributed by atoms with Crippen LogP contribution in [0, 0.1) is 40.4 Å². The number of carbonyl (C=O) groups excluding carboxylic acids is 3. The molecule has 2 N–H and O–H groups in total. The van der Waals surface area contributed by atoms with Crippen LogP contribution in [0.5, 0.6) is 0 Å². The second-order valence-corrected chi connectivity index (χ2v) is 13.5. The number of ether oxygens (including phenoxy) is 3. The maximum absolute atomic E-state index is 13.3. The number of ketones is 2. The number of rotatable bonds is 7. The van der Waals surface area contributed by atoms with Gasteiger partial charge >= 0.3 is 5.97 Å². The number of nitrogens with one attached hydrogen (secondary N) is 1. The van der Waals surface area contributed by atoms with E-state index in [-0.39, 0.29) is 59.7 Å². The molecule has 6 rings (SSSR count). The molecule has 0 radical (unpaired) electrons. The van der Waals surface area contributed by atoms with Crippen molar-refractivity contribution in [3.63, 3.8) is 0 Å². The first kappa shape index (κ1) is 28.0. The van der Waals surface area contributed by atoms with E-state index in [4.69, 9.17) is 14.2 Å². The molecule has 6 aliphatic rings. The van der Waals surface area contributed by atoms with Crippen LogP contribution in [0.15, 0.2) is 23.2 Å². The highest BCUT2D eigenvalue weighted by Gasteiger charge is 2.66. The zero-order chi connectivity index (χ0) is 28.2. The summed E-state index contributed by atoms with van der Waals surface area (Å²) in [6.07, 6.45) is 10.1. The quantitative estimate of drug-likeness (QED) is 0.450. The molecule has 1 aliphatic heterocycles. The van der Waals surface area contributed by atoms with E-state index in [1.807, 2.05) is 6.92 Å². The van der Waals surface area contributed by atoms with Gasteiger partial charge in [-0.1, -0.05) is 38.7 Å². The van der Waals surface area contributed by atoms with Gasteiger partial charge in [0.05, 0.1) is 18.1 Å². The summed E-state index contributed by atoms with van der Waals surface area (Å²) in [4.78, 5) is 38.5. The van der Waals surface area contributed by atoms with Gasteiger partial charge in [-0.25, -0.2) is 0 Å². The van der Waals surface area contributed by atoms with Crippen molar-refractivity contribution >= 4 is 17.5 Å². The lowest BCUT2D eigenvalue weighted by atomic mass is 9.46. The molecule has 0 aromatic rings. The lowest BCUT2D eigenvalue weighted by Gasteiger charge is -2.59. The molecule has 0 aromatic heterocycles. The van der Waals surface area contributed by atoms with Crippen LogP contribution in [0.25, 0.3) is 0 Å². The van der Waals surface area contributed by atoms with E-state index >= 15 is 0 Å². The summed E-state index contributed by atoms with van der Waals surface area (Å²) in [5.74, 6) is 0.823. The van der Waals surface area contributed by atoms with E-state index in [9.17, 15) is 19.5 Å². The summed E-state index contributed by atoms with van der Waals surface area (Å²) in [7, 11) is 0. The summed E-state index contributed by atoms with van der Waals surface area (Å²) in [5.41, 5.74) is 0.0920. The van der Waals surface area contributed by atoms with E-state index < -0.39 is 23.8 Å². The molecule has 0 amide bonds. The Balaban J connectivity index is 1.23. The van der Waals surface area contributed by atoms with Gasteiger partial charge in [-0.15, -0.1) is 0 Å². The Hall–Kier alpha value is -2.19. The number of fused-ring (bicyclic) bond motifs is 6. The molecule has 220 valence electrons. The molecule has 0 aromatic carbocycles. The van der Waals surface area contributed by atoms with Crippen LogP contribution in [0.2, 0.25) is 0 Å². The Morgan fingerprint density at radius 2 is 1.88 bits per heavy atom. The van der Waals surface area contributed by atoms with Crippen molar-refractivity contribution in [3.05, 3.63) is 23.2 Å². The third-order valence-corrected chi connectivity index (χ3v) is 11.5. The predicted octanol–water partition coefficient (Wildman–Crippen LogP) is 4.21. The highest BCUT2D eigenvalue weighted by Crippen LogP contribution is 2.68. The van der Waals surface area contributed by atoms with Gasteiger partial charge in [0.25, 0.3) is 0 Å². The van der Waals surface area contributed by atoms with Gasteiger partial charge in [0.1, 0.15) is 6.61 Å². The summed E-state index contributed by atoms with van der Waals surface area (Å²) in [6.45, 7) is 6.76. The van der Waals surface area contributed by atoms with Gasteiger partial charge in [0.15, 0.2) is 11.5 Å². The number of carbonyl (C=O) groups is 3. The van der Waals surface area contributed by atoms with Crippen molar-refractivity contribution in [2.45, 2.75) is 97.4 Å². The minimum absolute atomic E-state index is 0.0424. The maximum atomic E-state index is 13.3. The molecule has 8 heteroatoms. The molecule has 0 spiro atoms. The number of aliphatic hydroxyl groups excluding tert-OH is 1. The van der Waals surface area contributed by atoms with Crippen molar-refractivity contribution in [2.24, 2.45) is 40.4 Å². The highest BCUT2D eigenvalue weighted by molar-refractivity contribution is 6.05. The smallest absolute Gasteiger partial charge is 0.320 e. The number of hydrogen-bond donors (Lipinski definition) is 2. The zero-order valence-corrected chi connectivity index (χ0v) is 24.2. The van der Waals surface area contributed by atoms with Crippen LogP contribution in [0.3, 0.4) is 0 Å². The number of Topliss-reactive ketones (excluding diaryl/α,β-unsaturated/α-hetero) is 1. The van der Waals surface area contributed by atoms with Crippen molar-refractivity contribution in [1.29, 1.82) is 0 Å². The third kappa shape index (κ3) is 4.36. The number of aliphatic hydroxyl groups is 1. The number of esters is 1. The largest absolute Gasteiger partial charge is 0.457 e. The maximum Gasteiger partial charge on any atom is 0.320 e. The van der Waals surface area contributed by atoms with Crippen LogP contribution < -0.4 is 5.32 Å². The topological polar surface area (TPSA) is 111 Å². The van der Waals surface area contributed by atoms with Gasteiger partial charge in [0, 0.05) is 17.8 Å². The average Bonchev–Trinajstić information content (AvgIpc) is 3.54. The zero-order valence-electron chi connectivity index (χ0n) is 24.2. The lowest BCUT2D eigenvalue weighted by molar-refractivity contribution is -0.155. The van der Waals surface area contributed by atoms with Crippen molar-refractivity contribution in [2.75, 3.05) is 19.7 Å². The molecule has 0 bridgehead atoms. The van der Waals surface area contributed by atoms with Crippen molar-refractivity contribution in [3.8, 4) is 0 Å². The molecular weight excluding hydrogens is 510 g/mol. The first-order valence-electron chi connectivity index (χ1n) is 15.6. The first-order chi connectivity index (χ1) is 19.2. The van der Waals surface area contributed by atoms with Gasteiger partial charge in [-0.05, 0) is 81.7 Å². The second-order valence-electron chi connectivity index (χ2n) is 13.5. The van der Waals surface area contributed by atoms with Gasteiger partial charge in [-0.2, -0.15) is 0 Å². The van der Waals surface area contributed by atoms with E-state index in [1.165, 1.54) is 6.42 Å². The van der Waals surface area contributed by atoms with Crippen LogP contribution in [-0.4, -0.2) is 54.7 Å². The molecule has 40 heavy (non-hydrogen) atoms. The standard InChI is InChI=1S/C32H45NO7/c1-4-33-16-26(37)38-17-25(36)22-13-12-21-20-11-10-19-14-23(34)28-29(40-30(39-28)18-8-6-5-7-9-18)32(19,3)27(20)24(35)15-31(21,22)2/h14,18,20-22,24,27,30,33,35H,4-13,15-17H2,1-3H3/t20?,21?,22-,24+,27?,30+,31+,32+/m1/s1. The number of likely N-dealkylation sites (N-methyl/N-ethyl adjacent to an activating group) is 1. The van der Waals surface area contributed by atoms with Gasteiger partial charge < -0.3 is 24.6 Å². The predicted molar refractivity (Wildman–Crippen MR) is 146 cm³/mol. The van der Waals surface area contributed by atoms with Crippen LogP contribution in [-0.2, 0) is 28.6 Å². The molecule has 8 atom stereocenters. The normalized spacial score (nSPS) is 40.7. The van der Waals surface area contributed by atoms with Crippen LogP contribution >= 0.6 is 0 Å². The van der Waals surface area contributed by atoms with Crippen LogP contribution in [0.4, 0.5) is 0 Å². The molecule has 4 saturated carbocycles. The minimum Gasteiger partial charge on any atom is -0.457 e. The third-order valence-electron chi connectivity index (χ3n) is 11.5. The summed E-state index contributed by atoms with van der Waals surface area (Å²) in [5, 5.41) is 14.8.